The molecule has 2 aromatic rings. The molecule has 0 bridgehead atoms. The van der Waals surface area contributed by atoms with Crippen LogP contribution in [0, 0.1) is 6.92 Å². The van der Waals surface area contributed by atoms with E-state index in [9.17, 15) is 9.59 Å². The van der Waals surface area contributed by atoms with Crippen molar-refractivity contribution in [3.05, 3.63) is 59.3 Å². The van der Waals surface area contributed by atoms with Gasteiger partial charge in [0, 0.05) is 31.5 Å². The number of benzene rings is 2. The van der Waals surface area contributed by atoms with Crippen LogP contribution in [0.4, 0.5) is 5.69 Å². The van der Waals surface area contributed by atoms with Gasteiger partial charge in [0.1, 0.15) is 5.70 Å². The van der Waals surface area contributed by atoms with E-state index < -0.39 is 0 Å². The van der Waals surface area contributed by atoms with Crippen LogP contribution in [0.15, 0.2) is 48.2 Å². The van der Waals surface area contributed by atoms with Crippen molar-refractivity contribution in [3.63, 3.8) is 0 Å². The maximum absolute atomic E-state index is 13.2. The van der Waals surface area contributed by atoms with Crippen molar-refractivity contribution in [2.45, 2.75) is 20.3 Å². The topological polar surface area (TPSA) is 77.1 Å². The van der Waals surface area contributed by atoms with E-state index >= 15 is 0 Å². The smallest absolute Gasteiger partial charge is 0.278 e. The third-order valence-corrected chi connectivity index (χ3v) is 5.02. The number of aryl methyl sites for hydroxylation is 1. The maximum atomic E-state index is 13.2. The van der Waals surface area contributed by atoms with Crippen LogP contribution in [0.2, 0.25) is 0 Å². The Bertz CT molecular complexity index is 997. The highest BCUT2D eigenvalue weighted by molar-refractivity contribution is 6.36. The summed E-state index contributed by atoms with van der Waals surface area (Å²) in [4.78, 5) is 27.6. The summed E-state index contributed by atoms with van der Waals surface area (Å²) in [5.41, 5.74) is 3.06. The quantitative estimate of drug-likeness (QED) is 0.533. The Balaban J connectivity index is 1.65. The zero-order chi connectivity index (χ0) is 21.1. The number of nitrogens with one attached hydrogen (secondary N) is 1. The molecule has 156 valence electrons. The Morgan fingerprint density at radius 2 is 1.80 bits per heavy atom. The van der Waals surface area contributed by atoms with Crippen LogP contribution < -0.4 is 14.8 Å². The zero-order valence-corrected chi connectivity index (χ0v) is 17.1. The molecular weight excluding hydrogens is 384 g/mol. The van der Waals surface area contributed by atoms with Gasteiger partial charge in [-0.05, 0) is 38.0 Å². The Kier molecular flexibility index (Phi) is 5.72. The van der Waals surface area contributed by atoms with E-state index in [1.807, 2.05) is 38.1 Å². The van der Waals surface area contributed by atoms with Gasteiger partial charge >= 0.3 is 0 Å². The van der Waals surface area contributed by atoms with Crippen molar-refractivity contribution in [1.82, 2.24) is 4.90 Å². The van der Waals surface area contributed by atoms with Gasteiger partial charge in [0.2, 0.25) is 6.79 Å². The van der Waals surface area contributed by atoms with Crippen LogP contribution in [0.25, 0.3) is 5.57 Å². The third kappa shape index (κ3) is 3.89. The number of carbonyl (C=O) groups excluding carboxylic acids is 2. The van der Waals surface area contributed by atoms with Crippen LogP contribution in [0.1, 0.15) is 24.5 Å². The van der Waals surface area contributed by atoms with Crippen LogP contribution in [-0.2, 0) is 14.3 Å². The molecule has 0 saturated carbocycles. The number of carbonyl (C=O) groups is 2. The summed E-state index contributed by atoms with van der Waals surface area (Å²) in [7, 11) is 0. The van der Waals surface area contributed by atoms with E-state index in [-0.39, 0.29) is 24.3 Å². The minimum absolute atomic E-state index is 0.168. The summed E-state index contributed by atoms with van der Waals surface area (Å²) < 4.78 is 16.1. The molecule has 0 atom stereocenters. The maximum Gasteiger partial charge on any atom is 0.278 e. The molecule has 1 N–H and O–H groups in total. The van der Waals surface area contributed by atoms with Gasteiger partial charge in [-0.2, -0.15) is 0 Å². The molecule has 0 aromatic heterocycles. The predicted molar refractivity (Wildman–Crippen MR) is 112 cm³/mol. The van der Waals surface area contributed by atoms with Gasteiger partial charge in [-0.1, -0.05) is 29.8 Å². The Hall–Kier alpha value is -3.32. The Morgan fingerprint density at radius 1 is 1.03 bits per heavy atom. The lowest BCUT2D eigenvalue weighted by molar-refractivity contribution is -0.137. The number of ether oxygens (including phenoxy) is 3. The highest BCUT2D eigenvalue weighted by Crippen LogP contribution is 2.36. The fourth-order valence-corrected chi connectivity index (χ4v) is 3.47. The van der Waals surface area contributed by atoms with Crippen molar-refractivity contribution >= 4 is 23.1 Å². The third-order valence-electron chi connectivity index (χ3n) is 5.02. The normalized spacial score (nSPS) is 15.3. The molecule has 0 radical (unpaired) electrons. The predicted octanol–water partition coefficient (Wildman–Crippen LogP) is 3.34. The van der Waals surface area contributed by atoms with Gasteiger partial charge in [0.25, 0.3) is 11.8 Å². The van der Waals surface area contributed by atoms with Gasteiger partial charge in [-0.3, -0.25) is 14.5 Å². The number of hydrogen-bond acceptors (Lipinski definition) is 6. The summed E-state index contributed by atoms with van der Waals surface area (Å²) >= 11 is 0. The molecule has 4 rings (SSSR count). The molecule has 0 spiro atoms. The standard InChI is InChI=1S/C23H24N2O5/c1-3-28-12-4-11-25-22(26)20(16-7-5-15(2)6-8-16)21(23(25)27)24-17-9-10-18-19(13-17)30-14-29-18/h5-10,13,24H,3-4,11-12,14H2,1-2H3. The molecule has 0 fully saturated rings. The van der Waals surface area contributed by atoms with Crippen molar-refractivity contribution in [1.29, 1.82) is 0 Å². The first-order chi connectivity index (χ1) is 14.6. The van der Waals surface area contributed by atoms with Gasteiger partial charge in [0.15, 0.2) is 11.5 Å². The molecule has 7 nitrogen and oxygen atoms in total. The fraction of sp³-hybridized carbons (Fsp3) is 0.304. The van der Waals surface area contributed by atoms with Crippen molar-refractivity contribution in [2.24, 2.45) is 0 Å². The van der Waals surface area contributed by atoms with Crippen LogP contribution >= 0.6 is 0 Å². The average Bonchev–Trinajstić information content (AvgIpc) is 3.30. The molecule has 2 amide bonds. The number of fused-ring (bicyclic) bond motifs is 1. The minimum atomic E-state index is -0.343. The largest absolute Gasteiger partial charge is 0.454 e. The molecule has 30 heavy (non-hydrogen) atoms. The lowest BCUT2D eigenvalue weighted by Crippen LogP contribution is -2.34. The van der Waals surface area contributed by atoms with Gasteiger partial charge in [-0.25, -0.2) is 0 Å². The highest BCUT2D eigenvalue weighted by Gasteiger charge is 2.39. The number of rotatable bonds is 8. The second-order valence-electron chi connectivity index (χ2n) is 7.12. The minimum Gasteiger partial charge on any atom is -0.454 e. The molecule has 0 unspecified atom stereocenters. The van der Waals surface area contributed by atoms with Crippen LogP contribution in [0.5, 0.6) is 11.5 Å². The second kappa shape index (κ2) is 8.59. The van der Waals surface area contributed by atoms with E-state index in [1.54, 1.807) is 18.2 Å². The van der Waals surface area contributed by atoms with E-state index in [0.29, 0.717) is 54.5 Å². The number of nitrogens with zero attached hydrogens (tertiary/aromatic N) is 1. The first-order valence-electron chi connectivity index (χ1n) is 10.0. The van der Waals surface area contributed by atoms with E-state index in [1.165, 1.54) is 4.90 Å². The summed E-state index contributed by atoms with van der Waals surface area (Å²) in [6, 6.07) is 12.9. The monoisotopic (exact) mass is 408 g/mol. The average molecular weight is 408 g/mol. The van der Waals surface area contributed by atoms with Crippen molar-refractivity contribution in [2.75, 3.05) is 31.9 Å². The van der Waals surface area contributed by atoms with Crippen LogP contribution in [-0.4, -0.2) is 43.3 Å². The molecule has 7 heteroatoms. The number of amides is 2. The molecular formula is C23H24N2O5. The van der Waals surface area contributed by atoms with Gasteiger partial charge < -0.3 is 19.5 Å². The van der Waals surface area contributed by atoms with E-state index in [4.69, 9.17) is 14.2 Å². The van der Waals surface area contributed by atoms with Gasteiger partial charge in [-0.15, -0.1) is 0 Å². The number of imide groups is 1. The van der Waals surface area contributed by atoms with Crippen molar-refractivity contribution in [3.8, 4) is 11.5 Å². The highest BCUT2D eigenvalue weighted by atomic mass is 16.7. The molecule has 0 aliphatic carbocycles. The zero-order valence-electron chi connectivity index (χ0n) is 17.1. The summed E-state index contributed by atoms with van der Waals surface area (Å²) in [6.07, 6.45) is 0.587. The molecule has 2 heterocycles. The lowest BCUT2D eigenvalue weighted by Gasteiger charge is -2.15. The summed E-state index contributed by atoms with van der Waals surface area (Å²) in [5, 5.41) is 3.15. The van der Waals surface area contributed by atoms with Crippen molar-refractivity contribution < 1.29 is 23.8 Å². The van der Waals surface area contributed by atoms with E-state index in [2.05, 4.69) is 5.32 Å². The summed E-state index contributed by atoms with van der Waals surface area (Å²) in [5.74, 6) is 0.607. The first-order valence-corrected chi connectivity index (χ1v) is 10.0. The second-order valence-corrected chi connectivity index (χ2v) is 7.12. The molecule has 2 aliphatic rings. The number of hydrogen-bond donors (Lipinski definition) is 1. The SMILES string of the molecule is CCOCCCN1C(=O)C(Nc2ccc3c(c2)OCO3)=C(c2ccc(C)cc2)C1=O. The molecule has 2 aliphatic heterocycles. The first kappa shape index (κ1) is 20.0. The molecule has 0 saturated heterocycles. The molecule has 2 aromatic carbocycles. The fourth-order valence-electron chi connectivity index (χ4n) is 3.47. The Labute approximate surface area is 175 Å². The summed E-state index contributed by atoms with van der Waals surface area (Å²) in [6.45, 7) is 5.46. The van der Waals surface area contributed by atoms with E-state index in [0.717, 1.165) is 5.56 Å². The van der Waals surface area contributed by atoms with Gasteiger partial charge in [0.05, 0.1) is 5.57 Å². The van der Waals surface area contributed by atoms with Crippen LogP contribution in [0.3, 0.4) is 0 Å². The Morgan fingerprint density at radius 3 is 2.57 bits per heavy atom. The number of anilines is 1. The lowest BCUT2D eigenvalue weighted by atomic mass is 10.0.